The molecule has 1 aliphatic heterocycles. The summed E-state index contributed by atoms with van der Waals surface area (Å²) in [7, 11) is 3.53. The molecule has 0 amide bonds. The quantitative estimate of drug-likeness (QED) is 0.626. The van der Waals surface area contributed by atoms with E-state index in [0.29, 0.717) is 35.4 Å². The van der Waals surface area contributed by atoms with E-state index in [0.717, 1.165) is 13.1 Å². The zero-order valence-electron chi connectivity index (χ0n) is 14.5. The number of nitro groups is 1. The van der Waals surface area contributed by atoms with Gasteiger partial charge in [-0.3, -0.25) is 10.1 Å². The first-order valence-electron chi connectivity index (χ1n) is 8.03. The van der Waals surface area contributed by atoms with Gasteiger partial charge < -0.3 is 19.9 Å². The van der Waals surface area contributed by atoms with Crippen molar-refractivity contribution in [1.29, 1.82) is 0 Å². The van der Waals surface area contributed by atoms with Gasteiger partial charge in [-0.15, -0.1) is 0 Å². The van der Waals surface area contributed by atoms with Crippen LogP contribution in [0.3, 0.4) is 0 Å². The monoisotopic (exact) mass is 378 g/mol. The summed E-state index contributed by atoms with van der Waals surface area (Å²) in [5.41, 5.74) is 0.324. The molecule has 0 unspecified atom stereocenters. The Morgan fingerprint density at radius 3 is 2.65 bits per heavy atom. The first-order chi connectivity index (χ1) is 12.5. The summed E-state index contributed by atoms with van der Waals surface area (Å²) in [5.74, 6) is 0.907. The molecule has 1 aliphatic rings. The molecule has 1 saturated heterocycles. The van der Waals surface area contributed by atoms with Crippen molar-refractivity contribution in [3.63, 3.8) is 0 Å². The number of nitrogens with zero attached hydrogens (tertiary/aromatic N) is 5. The van der Waals surface area contributed by atoms with Gasteiger partial charge in [0, 0.05) is 31.2 Å². The largest absolute Gasteiger partial charge is 0.495 e. The molecule has 1 N–H and O–H groups in total. The van der Waals surface area contributed by atoms with Gasteiger partial charge in [0.15, 0.2) is 0 Å². The Hall–Kier alpha value is -2.65. The fourth-order valence-corrected chi connectivity index (χ4v) is 2.96. The third-order valence-corrected chi connectivity index (χ3v) is 4.44. The van der Waals surface area contributed by atoms with E-state index in [1.807, 2.05) is 11.9 Å². The fraction of sp³-hybridized carbons (Fsp3) is 0.375. The number of anilines is 3. The Kier molecular flexibility index (Phi) is 5.38. The van der Waals surface area contributed by atoms with Crippen molar-refractivity contribution in [3.05, 3.63) is 39.7 Å². The number of hydrogen-bond donors (Lipinski definition) is 1. The van der Waals surface area contributed by atoms with E-state index in [2.05, 4.69) is 20.2 Å². The van der Waals surface area contributed by atoms with E-state index in [1.54, 1.807) is 18.2 Å². The summed E-state index contributed by atoms with van der Waals surface area (Å²) in [5, 5.41) is 15.2. The standard InChI is InChI=1S/C16H19ClN6O3/c1-21-5-7-22(8-6-21)16-14(23(24)25)15(18-10-19-16)20-12-9-11(17)3-4-13(12)26-2/h3-4,9-10H,5-8H2,1-2H3,(H,18,19,20). The summed E-state index contributed by atoms with van der Waals surface area (Å²) in [6.45, 7) is 2.95. The molecular formula is C16H19ClN6O3. The normalized spacial score (nSPS) is 15.0. The minimum absolute atomic E-state index is 0.0968. The summed E-state index contributed by atoms with van der Waals surface area (Å²) in [4.78, 5) is 23.6. The predicted molar refractivity (Wildman–Crippen MR) is 99.7 cm³/mol. The second-order valence-electron chi connectivity index (χ2n) is 5.91. The van der Waals surface area contributed by atoms with Crippen LogP contribution < -0.4 is 15.0 Å². The SMILES string of the molecule is COc1ccc(Cl)cc1Nc1ncnc(N2CCN(C)CC2)c1[N+](=O)[O-]. The Morgan fingerprint density at radius 2 is 2.00 bits per heavy atom. The lowest BCUT2D eigenvalue weighted by atomic mass is 10.2. The molecule has 0 saturated carbocycles. The Bertz CT molecular complexity index is 811. The van der Waals surface area contributed by atoms with Crippen LogP contribution in [-0.4, -0.2) is 60.1 Å². The van der Waals surface area contributed by atoms with E-state index in [-0.39, 0.29) is 11.5 Å². The lowest BCUT2D eigenvalue weighted by Crippen LogP contribution is -2.45. The topological polar surface area (TPSA) is 96.7 Å². The van der Waals surface area contributed by atoms with Gasteiger partial charge in [0.25, 0.3) is 0 Å². The van der Waals surface area contributed by atoms with E-state index in [1.165, 1.54) is 13.4 Å². The third kappa shape index (κ3) is 3.78. The Morgan fingerprint density at radius 1 is 1.27 bits per heavy atom. The second kappa shape index (κ2) is 7.71. The maximum absolute atomic E-state index is 11.8. The van der Waals surface area contributed by atoms with Crippen LogP contribution in [-0.2, 0) is 0 Å². The molecule has 0 aliphatic carbocycles. The van der Waals surface area contributed by atoms with Crippen LogP contribution in [0.2, 0.25) is 5.02 Å². The van der Waals surface area contributed by atoms with E-state index in [4.69, 9.17) is 16.3 Å². The smallest absolute Gasteiger partial charge is 0.353 e. The van der Waals surface area contributed by atoms with Crippen molar-refractivity contribution in [1.82, 2.24) is 14.9 Å². The van der Waals surface area contributed by atoms with Gasteiger partial charge in [0.05, 0.1) is 17.7 Å². The van der Waals surface area contributed by atoms with Gasteiger partial charge in [-0.05, 0) is 25.2 Å². The van der Waals surface area contributed by atoms with Crippen LogP contribution in [0.4, 0.5) is 23.0 Å². The van der Waals surface area contributed by atoms with Crippen LogP contribution in [0.25, 0.3) is 0 Å². The summed E-state index contributed by atoms with van der Waals surface area (Å²) in [6.07, 6.45) is 1.32. The van der Waals surface area contributed by atoms with Gasteiger partial charge in [0.1, 0.15) is 12.1 Å². The molecule has 9 nitrogen and oxygen atoms in total. The van der Waals surface area contributed by atoms with Crippen LogP contribution >= 0.6 is 11.6 Å². The number of piperazine rings is 1. The van der Waals surface area contributed by atoms with Gasteiger partial charge >= 0.3 is 5.69 Å². The molecule has 26 heavy (non-hydrogen) atoms. The van der Waals surface area contributed by atoms with Crippen molar-refractivity contribution in [2.45, 2.75) is 0 Å². The fourth-order valence-electron chi connectivity index (χ4n) is 2.78. The summed E-state index contributed by atoms with van der Waals surface area (Å²) < 4.78 is 5.28. The van der Waals surface area contributed by atoms with Crippen LogP contribution in [0.5, 0.6) is 5.75 Å². The van der Waals surface area contributed by atoms with Crippen molar-refractivity contribution < 1.29 is 9.66 Å². The molecule has 2 aromatic rings. The average molecular weight is 379 g/mol. The van der Waals surface area contributed by atoms with Gasteiger partial charge in [-0.1, -0.05) is 11.6 Å². The highest BCUT2D eigenvalue weighted by Crippen LogP contribution is 2.37. The van der Waals surface area contributed by atoms with E-state index in [9.17, 15) is 10.1 Å². The number of rotatable bonds is 5. The number of hydrogen-bond acceptors (Lipinski definition) is 8. The molecule has 1 aromatic carbocycles. The van der Waals surface area contributed by atoms with Gasteiger partial charge in [0.2, 0.25) is 11.6 Å². The predicted octanol–water partition coefficient (Wildman–Crippen LogP) is 2.54. The molecule has 2 heterocycles. The van der Waals surface area contributed by atoms with Crippen molar-refractivity contribution >= 4 is 34.6 Å². The molecule has 3 rings (SSSR count). The average Bonchev–Trinajstić information content (AvgIpc) is 2.62. The summed E-state index contributed by atoms with van der Waals surface area (Å²) in [6, 6.07) is 4.98. The highest BCUT2D eigenvalue weighted by atomic mass is 35.5. The zero-order chi connectivity index (χ0) is 18.7. The molecule has 1 aromatic heterocycles. The van der Waals surface area contributed by atoms with Crippen molar-refractivity contribution in [2.75, 3.05) is 50.6 Å². The summed E-state index contributed by atoms with van der Waals surface area (Å²) >= 11 is 6.03. The first-order valence-corrected chi connectivity index (χ1v) is 8.41. The highest BCUT2D eigenvalue weighted by molar-refractivity contribution is 6.31. The Labute approximate surface area is 155 Å². The minimum atomic E-state index is -0.465. The maximum atomic E-state index is 11.8. The van der Waals surface area contributed by atoms with Gasteiger partial charge in [-0.2, -0.15) is 0 Å². The number of methoxy groups -OCH3 is 1. The van der Waals surface area contributed by atoms with Gasteiger partial charge in [-0.25, -0.2) is 9.97 Å². The van der Waals surface area contributed by atoms with Crippen LogP contribution in [0, 0.1) is 10.1 Å². The number of nitrogens with one attached hydrogen (secondary N) is 1. The zero-order valence-corrected chi connectivity index (χ0v) is 15.2. The maximum Gasteiger partial charge on any atom is 0.353 e. The third-order valence-electron chi connectivity index (χ3n) is 4.20. The number of aromatic nitrogens is 2. The van der Waals surface area contributed by atoms with Crippen molar-refractivity contribution in [2.24, 2.45) is 0 Å². The first kappa shape index (κ1) is 18.2. The number of halogens is 1. The van der Waals surface area contributed by atoms with Crippen molar-refractivity contribution in [3.8, 4) is 5.75 Å². The molecule has 10 heteroatoms. The molecule has 1 fully saturated rings. The molecular weight excluding hydrogens is 360 g/mol. The Balaban J connectivity index is 1.99. The second-order valence-corrected chi connectivity index (χ2v) is 6.35. The van der Waals surface area contributed by atoms with E-state index < -0.39 is 4.92 Å². The molecule has 0 atom stereocenters. The molecule has 138 valence electrons. The number of benzene rings is 1. The minimum Gasteiger partial charge on any atom is -0.495 e. The number of ether oxygens (including phenoxy) is 1. The van der Waals surface area contributed by atoms with Crippen LogP contribution in [0.15, 0.2) is 24.5 Å². The molecule has 0 spiro atoms. The molecule has 0 radical (unpaired) electrons. The van der Waals surface area contributed by atoms with Crippen LogP contribution in [0.1, 0.15) is 0 Å². The highest BCUT2D eigenvalue weighted by Gasteiger charge is 2.29. The lowest BCUT2D eigenvalue weighted by Gasteiger charge is -2.32. The lowest BCUT2D eigenvalue weighted by molar-refractivity contribution is -0.383. The number of likely N-dealkylation sites (N-methyl/N-ethyl adjacent to an activating group) is 1. The van der Waals surface area contributed by atoms with E-state index >= 15 is 0 Å². The molecule has 0 bridgehead atoms.